The molecule has 2 heterocycles. The number of anilines is 1. The molecule has 0 aliphatic heterocycles. The van der Waals surface area contributed by atoms with Gasteiger partial charge in [0.05, 0.1) is 19.5 Å². The van der Waals surface area contributed by atoms with E-state index in [0.717, 1.165) is 22.3 Å². The van der Waals surface area contributed by atoms with Crippen LogP contribution in [0.4, 0.5) is 15.5 Å². The van der Waals surface area contributed by atoms with Gasteiger partial charge in [-0.25, -0.2) is 14.6 Å². The summed E-state index contributed by atoms with van der Waals surface area (Å²) in [6.07, 6.45) is 0.175. The first-order valence-corrected chi connectivity index (χ1v) is 20.7. The summed E-state index contributed by atoms with van der Waals surface area (Å²) in [5, 5.41) is 0. The lowest BCUT2D eigenvalue weighted by atomic mass is 9.69. The van der Waals surface area contributed by atoms with Gasteiger partial charge in [0, 0.05) is 24.8 Å². The van der Waals surface area contributed by atoms with E-state index in [1.807, 2.05) is 89.5 Å². The van der Waals surface area contributed by atoms with Gasteiger partial charge in [-0.3, -0.25) is 4.79 Å². The van der Waals surface area contributed by atoms with Gasteiger partial charge in [0.2, 0.25) is 11.8 Å². The molecule has 62 heavy (non-hydrogen) atoms. The van der Waals surface area contributed by atoms with Crippen molar-refractivity contribution >= 4 is 35.3 Å². The molecule has 2 amide bonds. The van der Waals surface area contributed by atoms with Gasteiger partial charge < -0.3 is 28.3 Å². The minimum Gasteiger partial charge on any atom is -0.471 e. The lowest BCUT2D eigenvalue weighted by molar-refractivity contribution is -0.147. The highest BCUT2D eigenvalue weighted by Gasteiger charge is 2.47. The largest absolute Gasteiger partial charge is 0.471 e. The van der Waals surface area contributed by atoms with Crippen LogP contribution in [0.1, 0.15) is 83.2 Å². The van der Waals surface area contributed by atoms with E-state index in [4.69, 9.17) is 33.7 Å². The molecule has 1 fully saturated rings. The normalized spacial score (nSPS) is 16.5. The van der Waals surface area contributed by atoms with Crippen molar-refractivity contribution in [2.45, 2.75) is 84.3 Å². The molecule has 322 valence electrons. The Balaban J connectivity index is 1.34. The van der Waals surface area contributed by atoms with E-state index in [1.54, 1.807) is 47.9 Å². The summed E-state index contributed by atoms with van der Waals surface area (Å²) >= 11 is 0. The number of fused-ring (bicyclic) bond motifs is 1. The molecule has 3 atom stereocenters. The standard InChI is InChI=1S/C49H53N5O8/c1-33(55)58-30-35-28-40(39(35)31-60-49(36-22-14-9-15-23-36,37-24-16-10-17-25-37)38-26-18-11-19-27-38)53-32-50-41-42(53)51-44(52-43(41)59-29-34-20-12-8-13-21-34)54(45(56)61-47(2,3)4)46(57)62-48(5,6)7/h8-27,32,35,39-40H,28-31H2,1-7H3/t35-,39-,40?/m1/s1. The minimum absolute atomic E-state index is 0.0459. The average Bonchev–Trinajstić information content (AvgIpc) is 3.64. The lowest BCUT2D eigenvalue weighted by Gasteiger charge is -2.47. The number of carbonyl (C=O) groups excluding carboxylic acids is 3. The zero-order valence-electron chi connectivity index (χ0n) is 36.2. The van der Waals surface area contributed by atoms with Crippen molar-refractivity contribution in [1.29, 1.82) is 0 Å². The summed E-state index contributed by atoms with van der Waals surface area (Å²) in [6.45, 7) is 12.1. The summed E-state index contributed by atoms with van der Waals surface area (Å²) in [6, 6.07) is 39.5. The van der Waals surface area contributed by atoms with E-state index >= 15 is 0 Å². The second kappa shape index (κ2) is 18.2. The smallest absolute Gasteiger partial charge is 0.427 e. The van der Waals surface area contributed by atoms with Crippen LogP contribution in [-0.4, -0.2) is 62.1 Å². The van der Waals surface area contributed by atoms with E-state index in [2.05, 4.69) is 41.4 Å². The molecular weight excluding hydrogens is 787 g/mol. The Morgan fingerprint density at radius 3 is 1.68 bits per heavy atom. The van der Waals surface area contributed by atoms with Crippen LogP contribution < -0.4 is 9.64 Å². The number of hydrogen-bond acceptors (Lipinski definition) is 11. The molecule has 0 saturated heterocycles. The highest BCUT2D eigenvalue weighted by atomic mass is 16.6. The number of ether oxygens (including phenoxy) is 5. The molecule has 13 nitrogen and oxygen atoms in total. The van der Waals surface area contributed by atoms with E-state index in [-0.39, 0.29) is 55.5 Å². The summed E-state index contributed by atoms with van der Waals surface area (Å²) in [5.41, 5.74) is 1.35. The van der Waals surface area contributed by atoms with Crippen LogP contribution in [0.3, 0.4) is 0 Å². The number of nitrogens with zero attached hydrogens (tertiary/aromatic N) is 5. The highest BCUT2D eigenvalue weighted by Crippen LogP contribution is 2.49. The number of imidazole rings is 1. The van der Waals surface area contributed by atoms with Gasteiger partial charge in [0.15, 0.2) is 11.2 Å². The zero-order valence-corrected chi connectivity index (χ0v) is 36.2. The fourth-order valence-electron chi connectivity index (χ4n) is 7.65. The molecule has 2 aromatic heterocycles. The van der Waals surface area contributed by atoms with Crippen molar-refractivity contribution in [1.82, 2.24) is 19.5 Å². The summed E-state index contributed by atoms with van der Waals surface area (Å²) in [4.78, 5) is 54.9. The predicted octanol–water partition coefficient (Wildman–Crippen LogP) is 9.83. The minimum atomic E-state index is -1.03. The van der Waals surface area contributed by atoms with Gasteiger partial charge in [-0.2, -0.15) is 9.97 Å². The fraction of sp³-hybridized carbons (Fsp3) is 0.347. The number of esters is 1. The van der Waals surface area contributed by atoms with Gasteiger partial charge in [0.1, 0.15) is 23.4 Å². The third-order valence-corrected chi connectivity index (χ3v) is 10.5. The summed E-state index contributed by atoms with van der Waals surface area (Å²) in [7, 11) is 0. The van der Waals surface area contributed by atoms with E-state index < -0.39 is 29.0 Å². The first-order chi connectivity index (χ1) is 29.6. The Morgan fingerprint density at radius 1 is 0.694 bits per heavy atom. The molecular formula is C49H53N5O8. The SMILES string of the molecule is CC(=O)OC[C@H]1CC(n2cnc3c(OCc4ccccc4)nc(N(C(=O)OC(C)(C)C)C(=O)OC(C)(C)C)nc32)[C@@H]1COC(c1ccccc1)(c1ccccc1)c1ccccc1. The van der Waals surface area contributed by atoms with Gasteiger partial charge in [-0.1, -0.05) is 121 Å². The molecule has 0 bridgehead atoms. The number of aromatic nitrogens is 4. The second-order valence-corrected chi connectivity index (χ2v) is 17.3. The molecule has 13 heteroatoms. The van der Waals surface area contributed by atoms with Gasteiger partial charge in [-0.05, 0) is 70.2 Å². The van der Waals surface area contributed by atoms with Gasteiger partial charge in [0.25, 0.3) is 0 Å². The molecule has 1 aliphatic carbocycles. The third-order valence-electron chi connectivity index (χ3n) is 10.5. The average molecular weight is 840 g/mol. The van der Waals surface area contributed by atoms with Crippen molar-refractivity contribution in [3.8, 4) is 5.88 Å². The van der Waals surface area contributed by atoms with Gasteiger partial charge >= 0.3 is 18.2 Å². The Bertz CT molecular complexity index is 2340. The molecule has 0 radical (unpaired) electrons. The zero-order chi connectivity index (χ0) is 44.1. The number of rotatable bonds is 13. The van der Waals surface area contributed by atoms with Gasteiger partial charge in [-0.15, -0.1) is 4.90 Å². The first-order valence-electron chi connectivity index (χ1n) is 20.7. The van der Waals surface area contributed by atoms with E-state index in [1.165, 1.54) is 6.92 Å². The van der Waals surface area contributed by atoms with Crippen molar-refractivity contribution in [3.05, 3.63) is 150 Å². The maximum Gasteiger partial charge on any atom is 0.427 e. The van der Waals surface area contributed by atoms with Crippen LogP contribution in [0, 0.1) is 11.8 Å². The van der Waals surface area contributed by atoms with Crippen molar-refractivity contribution in [2.75, 3.05) is 18.1 Å². The highest BCUT2D eigenvalue weighted by molar-refractivity contribution is 6.08. The van der Waals surface area contributed by atoms with Crippen molar-refractivity contribution in [3.63, 3.8) is 0 Å². The quantitative estimate of drug-likeness (QED) is 0.0623. The molecule has 1 unspecified atom stereocenters. The number of imide groups is 1. The number of amides is 2. The molecule has 1 saturated carbocycles. The molecule has 0 N–H and O–H groups in total. The van der Waals surface area contributed by atoms with Crippen molar-refractivity contribution in [2.24, 2.45) is 11.8 Å². The van der Waals surface area contributed by atoms with Crippen LogP contribution in [0.2, 0.25) is 0 Å². The summed E-state index contributed by atoms with van der Waals surface area (Å²) in [5.74, 6) is -0.982. The second-order valence-electron chi connectivity index (χ2n) is 17.3. The monoisotopic (exact) mass is 839 g/mol. The van der Waals surface area contributed by atoms with Crippen LogP contribution in [-0.2, 0) is 35.9 Å². The van der Waals surface area contributed by atoms with E-state index in [9.17, 15) is 14.4 Å². The van der Waals surface area contributed by atoms with Crippen molar-refractivity contribution < 1.29 is 38.1 Å². The Kier molecular flexibility index (Phi) is 12.7. The van der Waals surface area contributed by atoms with Crippen LogP contribution in [0.5, 0.6) is 5.88 Å². The Hall–Kier alpha value is -6.60. The Labute approximate surface area is 362 Å². The topological polar surface area (TPSA) is 144 Å². The third kappa shape index (κ3) is 9.79. The summed E-state index contributed by atoms with van der Waals surface area (Å²) < 4.78 is 32.6. The number of hydrogen-bond donors (Lipinski definition) is 0. The fourth-order valence-corrected chi connectivity index (χ4v) is 7.65. The van der Waals surface area contributed by atoms with Crippen LogP contribution in [0.25, 0.3) is 11.2 Å². The maximum atomic E-state index is 13.9. The molecule has 7 rings (SSSR count). The molecule has 4 aromatic carbocycles. The number of carbonyl (C=O) groups is 3. The van der Waals surface area contributed by atoms with Crippen LogP contribution >= 0.6 is 0 Å². The number of benzene rings is 4. The first kappa shape index (κ1) is 43.5. The lowest BCUT2D eigenvalue weighted by Crippen LogP contribution is -2.46. The molecule has 0 spiro atoms. The molecule has 1 aliphatic rings. The Morgan fingerprint density at radius 2 is 1.19 bits per heavy atom. The van der Waals surface area contributed by atoms with E-state index in [0.29, 0.717) is 22.5 Å². The van der Waals surface area contributed by atoms with Crippen LogP contribution in [0.15, 0.2) is 128 Å². The molecule has 6 aromatic rings. The predicted molar refractivity (Wildman–Crippen MR) is 233 cm³/mol. The maximum absolute atomic E-state index is 13.9.